The van der Waals surface area contributed by atoms with E-state index < -0.39 is 0 Å². The maximum Gasteiger partial charge on any atom is 0.180 e. The summed E-state index contributed by atoms with van der Waals surface area (Å²) in [6, 6.07) is 0. The molecule has 0 fully saturated rings. The summed E-state index contributed by atoms with van der Waals surface area (Å²) in [5.74, 6) is 1.90. The van der Waals surface area contributed by atoms with Crippen molar-refractivity contribution in [2.75, 3.05) is 5.73 Å². The van der Waals surface area contributed by atoms with E-state index >= 15 is 0 Å². The molecule has 0 bridgehead atoms. The van der Waals surface area contributed by atoms with Crippen molar-refractivity contribution in [3.63, 3.8) is 0 Å². The van der Waals surface area contributed by atoms with E-state index in [1.807, 2.05) is 6.20 Å². The van der Waals surface area contributed by atoms with Crippen molar-refractivity contribution >= 4 is 16.5 Å². The van der Waals surface area contributed by atoms with Gasteiger partial charge in [0.05, 0.1) is 0 Å². The van der Waals surface area contributed by atoms with Crippen molar-refractivity contribution in [3.8, 4) is 0 Å². The molecule has 1 heterocycles. The maximum absolute atomic E-state index is 5.62. The Hall–Kier alpha value is -0.570. The highest BCUT2D eigenvalue weighted by atomic mass is 32.1. The summed E-state index contributed by atoms with van der Waals surface area (Å²) in [5, 5.41) is 0.682. The van der Waals surface area contributed by atoms with Crippen molar-refractivity contribution in [2.45, 2.75) is 33.6 Å². The minimum atomic E-state index is 0.592. The number of rotatable bonds is 3. The van der Waals surface area contributed by atoms with Gasteiger partial charge in [-0.1, -0.05) is 27.7 Å². The Morgan fingerprint density at radius 1 is 1.23 bits per heavy atom. The lowest BCUT2D eigenvalue weighted by Crippen LogP contribution is -2.11. The van der Waals surface area contributed by atoms with Crippen LogP contribution in [0.2, 0.25) is 0 Å². The van der Waals surface area contributed by atoms with Crippen LogP contribution in [0.3, 0.4) is 0 Å². The minimum absolute atomic E-state index is 0.592. The van der Waals surface area contributed by atoms with Crippen LogP contribution in [0.4, 0.5) is 5.13 Å². The Balaban J connectivity index is 2.88. The van der Waals surface area contributed by atoms with Crippen LogP contribution in [-0.4, -0.2) is 4.98 Å². The van der Waals surface area contributed by atoms with Crippen LogP contribution in [0.1, 0.15) is 38.5 Å². The largest absolute Gasteiger partial charge is 0.375 e. The number of hydrogen-bond acceptors (Lipinski definition) is 3. The average Bonchev–Trinajstić information content (AvgIpc) is 2.34. The summed E-state index contributed by atoms with van der Waals surface area (Å²) in [6.45, 7) is 9.00. The fourth-order valence-corrected chi connectivity index (χ4v) is 3.01. The molecular formula is C10H18N2S. The molecule has 3 heteroatoms. The fourth-order valence-electron chi connectivity index (χ4n) is 1.88. The topological polar surface area (TPSA) is 38.9 Å². The third-order valence-electron chi connectivity index (χ3n) is 2.31. The van der Waals surface area contributed by atoms with Gasteiger partial charge in [0.25, 0.3) is 0 Å². The predicted molar refractivity (Wildman–Crippen MR) is 58.9 cm³/mol. The van der Waals surface area contributed by atoms with Crippen molar-refractivity contribution in [2.24, 2.45) is 11.8 Å². The molecule has 0 saturated carbocycles. The Morgan fingerprint density at radius 3 is 2.08 bits per heavy atom. The standard InChI is InChI=1S/C10H18N2S/c1-6(2)9(7(3)4)8-5-12-10(11)13-8/h5-7,9H,1-4H3,(H2,11,12). The first-order valence-corrected chi connectivity index (χ1v) is 5.55. The van der Waals surface area contributed by atoms with Gasteiger partial charge in [0.2, 0.25) is 0 Å². The molecule has 0 radical (unpaired) electrons. The maximum atomic E-state index is 5.62. The van der Waals surface area contributed by atoms with Crippen LogP contribution in [0.15, 0.2) is 6.20 Å². The predicted octanol–water partition coefficient (Wildman–Crippen LogP) is 3.12. The number of hydrogen-bond donors (Lipinski definition) is 1. The van der Waals surface area contributed by atoms with Gasteiger partial charge < -0.3 is 5.73 Å². The zero-order valence-electron chi connectivity index (χ0n) is 8.74. The molecule has 0 amide bonds. The lowest BCUT2D eigenvalue weighted by atomic mass is 9.85. The van der Waals surface area contributed by atoms with E-state index in [-0.39, 0.29) is 0 Å². The number of nitrogens with two attached hydrogens (primary N) is 1. The average molecular weight is 198 g/mol. The summed E-state index contributed by atoms with van der Waals surface area (Å²) in [6.07, 6.45) is 1.92. The first-order chi connectivity index (χ1) is 6.02. The molecule has 0 spiro atoms. The molecule has 0 aromatic carbocycles. The van der Waals surface area contributed by atoms with Gasteiger partial charge in [-0.3, -0.25) is 0 Å². The summed E-state index contributed by atoms with van der Waals surface area (Å²) in [7, 11) is 0. The summed E-state index contributed by atoms with van der Waals surface area (Å²) < 4.78 is 0. The molecule has 0 unspecified atom stereocenters. The molecule has 2 nitrogen and oxygen atoms in total. The quantitative estimate of drug-likeness (QED) is 0.810. The fraction of sp³-hybridized carbons (Fsp3) is 0.700. The summed E-state index contributed by atoms with van der Waals surface area (Å²) in [4.78, 5) is 5.42. The lowest BCUT2D eigenvalue weighted by molar-refractivity contribution is 0.393. The highest BCUT2D eigenvalue weighted by Crippen LogP contribution is 2.35. The third-order valence-corrected chi connectivity index (χ3v) is 3.23. The Kier molecular flexibility index (Phi) is 3.31. The second kappa shape index (κ2) is 4.09. The van der Waals surface area contributed by atoms with Crippen LogP contribution in [0.25, 0.3) is 0 Å². The molecule has 1 rings (SSSR count). The zero-order chi connectivity index (χ0) is 10.0. The van der Waals surface area contributed by atoms with E-state index in [4.69, 9.17) is 5.73 Å². The van der Waals surface area contributed by atoms with E-state index in [9.17, 15) is 0 Å². The molecule has 0 aliphatic carbocycles. The van der Waals surface area contributed by atoms with Crippen molar-refractivity contribution in [1.82, 2.24) is 4.98 Å². The van der Waals surface area contributed by atoms with E-state index in [1.54, 1.807) is 11.3 Å². The minimum Gasteiger partial charge on any atom is -0.375 e. The Morgan fingerprint density at radius 2 is 1.77 bits per heavy atom. The van der Waals surface area contributed by atoms with Gasteiger partial charge in [0.1, 0.15) is 0 Å². The molecule has 0 aliphatic heterocycles. The van der Waals surface area contributed by atoms with Gasteiger partial charge in [-0.15, -0.1) is 11.3 Å². The zero-order valence-corrected chi connectivity index (χ0v) is 9.56. The first-order valence-electron chi connectivity index (χ1n) is 4.73. The van der Waals surface area contributed by atoms with Crippen LogP contribution >= 0.6 is 11.3 Å². The van der Waals surface area contributed by atoms with Crippen LogP contribution in [0, 0.1) is 11.8 Å². The second-order valence-corrected chi connectivity index (χ2v) is 5.21. The molecule has 0 saturated heterocycles. The molecule has 0 atom stereocenters. The van der Waals surface area contributed by atoms with Crippen molar-refractivity contribution < 1.29 is 0 Å². The Bertz CT molecular complexity index is 258. The van der Waals surface area contributed by atoms with E-state index in [2.05, 4.69) is 32.7 Å². The van der Waals surface area contributed by atoms with E-state index in [0.717, 1.165) is 0 Å². The number of nitrogens with zero attached hydrogens (tertiary/aromatic N) is 1. The van der Waals surface area contributed by atoms with Crippen molar-refractivity contribution in [3.05, 3.63) is 11.1 Å². The first kappa shape index (κ1) is 10.5. The van der Waals surface area contributed by atoms with Gasteiger partial charge in [-0.25, -0.2) is 4.98 Å². The molecule has 0 aliphatic rings. The molecule has 74 valence electrons. The van der Waals surface area contributed by atoms with Gasteiger partial charge in [-0.2, -0.15) is 0 Å². The summed E-state index contributed by atoms with van der Waals surface area (Å²) >= 11 is 1.62. The van der Waals surface area contributed by atoms with Gasteiger partial charge in [0, 0.05) is 11.1 Å². The Labute approximate surface area is 84.2 Å². The van der Waals surface area contributed by atoms with E-state index in [0.29, 0.717) is 22.9 Å². The van der Waals surface area contributed by atoms with Gasteiger partial charge in [0.15, 0.2) is 5.13 Å². The molecular weight excluding hydrogens is 180 g/mol. The molecule has 1 aromatic rings. The van der Waals surface area contributed by atoms with Gasteiger partial charge >= 0.3 is 0 Å². The highest BCUT2D eigenvalue weighted by molar-refractivity contribution is 7.15. The highest BCUT2D eigenvalue weighted by Gasteiger charge is 2.21. The number of aromatic nitrogens is 1. The van der Waals surface area contributed by atoms with Crippen LogP contribution in [0.5, 0.6) is 0 Å². The number of thiazole rings is 1. The SMILES string of the molecule is CC(C)C(c1cnc(N)s1)C(C)C. The molecule has 13 heavy (non-hydrogen) atoms. The molecule has 2 N–H and O–H groups in total. The van der Waals surface area contributed by atoms with Crippen LogP contribution in [-0.2, 0) is 0 Å². The summed E-state index contributed by atoms with van der Waals surface area (Å²) in [5.41, 5.74) is 5.62. The second-order valence-electron chi connectivity index (χ2n) is 4.11. The smallest absolute Gasteiger partial charge is 0.180 e. The van der Waals surface area contributed by atoms with Gasteiger partial charge in [-0.05, 0) is 17.8 Å². The molecule has 1 aromatic heterocycles. The monoisotopic (exact) mass is 198 g/mol. The normalized spacial score (nSPS) is 11.9. The van der Waals surface area contributed by atoms with Crippen molar-refractivity contribution in [1.29, 1.82) is 0 Å². The number of nitrogen functional groups attached to an aromatic ring is 1. The third kappa shape index (κ3) is 2.44. The van der Waals surface area contributed by atoms with E-state index in [1.165, 1.54) is 4.88 Å². The number of anilines is 1. The lowest BCUT2D eigenvalue weighted by Gasteiger charge is -2.22. The van der Waals surface area contributed by atoms with Crippen LogP contribution < -0.4 is 5.73 Å².